The monoisotopic (exact) mass is 558 g/mol. The zero-order valence-corrected chi connectivity index (χ0v) is 20.4. The summed E-state index contributed by atoms with van der Waals surface area (Å²) in [6.07, 6.45) is 0. The quantitative estimate of drug-likeness (QED) is 0.264. The summed E-state index contributed by atoms with van der Waals surface area (Å²) in [6, 6.07) is 0. The second-order valence-electron chi connectivity index (χ2n) is 0.839. The third-order valence-corrected chi connectivity index (χ3v) is 0. The van der Waals surface area contributed by atoms with E-state index in [-0.39, 0.29) is 142 Å². The molecule has 0 aliphatic rings. The molecule has 72 valence electrons. The van der Waals surface area contributed by atoms with Crippen molar-refractivity contribution in [1.29, 1.82) is 0 Å². The van der Waals surface area contributed by atoms with Crippen LogP contribution in [0.5, 0.6) is 0 Å². The molecule has 0 bridgehead atoms. The van der Waals surface area contributed by atoms with E-state index in [1.807, 2.05) is 0 Å². The molecular weight excluding hydrogens is 556 g/mol. The molecule has 14 heavy (non-hydrogen) atoms. The van der Waals surface area contributed by atoms with Crippen LogP contribution in [0.4, 0.5) is 0 Å². The van der Waals surface area contributed by atoms with Crippen LogP contribution in [0.1, 0.15) is 0 Å². The summed E-state index contributed by atoms with van der Waals surface area (Å²) < 4.78 is 68.9. The molecule has 0 radical (unpaired) electrons. The van der Waals surface area contributed by atoms with E-state index in [1.54, 1.807) is 0 Å². The Kier molecular flexibility index (Phi) is 41.1. The first-order chi connectivity index (χ1) is 3.97. The zero-order valence-electron chi connectivity index (χ0n) is 6.65. The van der Waals surface area contributed by atoms with Gasteiger partial charge < -0.3 is 5.48 Å². The summed E-state index contributed by atoms with van der Waals surface area (Å²) >= 11 is -11.8. The van der Waals surface area contributed by atoms with E-state index >= 15 is 0 Å². The molecule has 0 aromatic rings. The Morgan fingerprint density at radius 1 is 0.857 bits per heavy atom. The van der Waals surface area contributed by atoms with E-state index in [1.165, 1.54) is 0 Å². The first kappa shape index (κ1) is 36.3. The van der Waals surface area contributed by atoms with Crippen molar-refractivity contribution in [3.8, 4) is 0 Å². The average molecular weight is 556 g/mol. The molecule has 0 aliphatic carbocycles. The summed E-state index contributed by atoms with van der Waals surface area (Å²) in [5.41, 5.74) is 0. The Morgan fingerprint density at radius 2 is 0.857 bits per heavy atom. The van der Waals surface area contributed by atoms with E-state index in [0.29, 0.717) is 0 Å². The van der Waals surface area contributed by atoms with Crippen LogP contribution in [0.3, 0.4) is 0 Å². The molecule has 0 amide bonds. The van der Waals surface area contributed by atoms with Gasteiger partial charge in [-0.25, -0.2) is 0 Å². The van der Waals surface area contributed by atoms with Crippen LogP contribution in [-0.2, 0) is 52.3 Å². The third-order valence-electron chi connectivity index (χ3n) is 0. The van der Waals surface area contributed by atoms with Crippen molar-refractivity contribution < 1.29 is 67.6 Å². The predicted octanol–water partition coefficient (Wildman–Crippen LogP) is -6.50. The molecule has 0 aromatic carbocycles. The maximum Gasteiger partial charge on any atom is 2.00 e. The standard InChI is InChI=1S/9O.Ru.3Sr.Ti/q;;;;-2;4*-1;;3*+2;. The third kappa shape index (κ3) is 183. The number of hydrogen-bond donors (Lipinski definition) is 0. The SMILES string of the molecule is [O-2].[O]=[Ru](=[O])(=[O])([O-])[O-].[O]=[Ti]([O-])[O-].[Sr+2].[Sr+2].[Sr+2]. The maximum atomic E-state index is 8.64. The molecule has 9 nitrogen and oxygen atoms in total. The van der Waals surface area contributed by atoms with Crippen LogP contribution >= 0.6 is 0 Å². The van der Waals surface area contributed by atoms with E-state index in [2.05, 4.69) is 0 Å². The van der Waals surface area contributed by atoms with Crippen molar-refractivity contribution >= 4 is 136 Å². The summed E-state index contributed by atoms with van der Waals surface area (Å²) in [6.45, 7) is 0. The second kappa shape index (κ2) is 15.8. The van der Waals surface area contributed by atoms with Crippen LogP contribution in [0.25, 0.3) is 0 Å². The zero-order chi connectivity index (χ0) is 9.02. The number of hydrogen-bond acceptors (Lipinski definition) is 8. The Morgan fingerprint density at radius 3 is 0.857 bits per heavy atom. The fraction of sp³-hybridized carbons (Fsp3) is 0. The minimum atomic E-state index is -7.72. The summed E-state index contributed by atoms with van der Waals surface area (Å²) in [4.78, 5) is 0. The van der Waals surface area contributed by atoms with Crippen LogP contribution in [0, 0.1) is 0 Å². The van der Waals surface area contributed by atoms with Gasteiger partial charge in [0.25, 0.3) is 0 Å². The van der Waals surface area contributed by atoms with Crippen molar-refractivity contribution in [2.24, 2.45) is 0 Å². The molecule has 0 saturated carbocycles. The molecule has 0 N–H and O–H groups in total. The van der Waals surface area contributed by atoms with Crippen molar-refractivity contribution in [2.45, 2.75) is 0 Å². The minimum Gasteiger partial charge on any atom is 2.00 e. The molecule has 0 aliphatic heterocycles. The molecule has 0 spiro atoms. The van der Waals surface area contributed by atoms with Gasteiger partial charge in [-0.1, -0.05) is 0 Å². The molecule has 0 unspecified atom stereocenters. The van der Waals surface area contributed by atoms with E-state index in [4.69, 9.17) is 29.3 Å². The Hall–Kier alpha value is 4.78. The Bertz CT molecular complexity index is 267. The van der Waals surface area contributed by atoms with Gasteiger partial charge in [-0.05, 0) is 0 Å². The van der Waals surface area contributed by atoms with Gasteiger partial charge in [-0.15, -0.1) is 0 Å². The van der Waals surface area contributed by atoms with Gasteiger partial charge in [0.2, 0.25) is 0 Å². The molecule has 0 heterocycles. The fourth-order valence-corrected chi connectivity index (χ4v) is 0. The first-order valence-electron chi connectivity index (χ1n) is 1.33. The van der Waals surface area contributed by atoms with Gasteiger partial charge in [-0.3, -0.25) is 0 Å². The van der Waals surface area contributed by atoms with E-state index in [9.17, 15) is 0 Å². The van der Waals surface area contributed by atoms with Crippen molar-refractivity contribution in [3.63, 3.8) is 0 Å². The van der Waals surface area contributed by atoms with Crippen molar-refractivity contribution in [1.82, 2.24) is 0 Å². The predicted molar refractivity (Wildman–Crippen MR) is 20.7 cm³/mol. The summed E-state index contributed by atoms with van der Waals surface area (Å²) in [7, 11) is 0. The van der Waals surface area contributed by atoms with Gasteiger partial charge >= 0.3 is 199 Å². The van der Waals surface area contributed by atoms with Gasteiger partial charge in [-0.2, -0.15) is 0 Å². The van der Waals surface area contributed by atoms with Gasteiger partial charge in [0.05, 0.1) is 0 Å². The summed E-state index contributed by atoms with van der Waals surface area (Å²) in [5.74, 6) is 0. The maximum absolute atomic E-state index is 8.64. The first-order valence-corrected chi connectivity index (χ1v) is 6.79. The van der Waals surface area contributed by atoms with Crippen LogP contribution in [0.15, 0.2) is 0 Å². The molecular formula is O9RuSr3Ti. The van der Waals surface area contributed by atoms with E-state index in [0.717, 1.165) is 0 Å². The molecule has 0 saturated heterocycles. The van der Waals surface area contributed by atoms with Gasteiger partial charge in [0.15, 0.2) is 0 Å². The average Bonchev–Trinajstić information content (AvgIpc) is 1.14. The Balaban J connectivity index is -0.0000000185. The molecule has 0 aromatic heterocycles. The van der Waals surface area contributed by atoms with Crippen molar-refractivity contribution in [3.05, 3.63) is 0 Å². The fourth-order valence-electron chi connectivity index (χ4n) is 0. The molecule has 14 heteroatoms. The topological polar surface area (TPSA) is 189 Å². The molecule has 0 atom stereocenters. The largest absolute Gasteiger partial charge is 2.00 e. The second-order valence-corrected chi connectivity index (χ2v) is 4.52. The molecule has 0 fully saturated rings. The minimum absolute atomic E-state index is 0. The Labute approximate surface area is 198 Å². The van der Waals surface area contributed by atoms with Crippen LogP contribution < -0.4 is 15.2 Å². The summed E-state index contributed by atoms with van der Waals surface area (Å²) in [5, 5.41) is 0. The smallest absolute Gasteiger partial charge is 2.00 e. The van der Waals surface area contributed by atoms with Gasteiger partial charge in [0, 0.05) is 0 Å². The van der Waals surface area contributed by atoms with Gasteiger partial charge in [0.1, 0.15) is 0 Å². The normalized spacial score (nSPS) is 9.86. The van der Waals surface area contributed by atoms with Crippen LogP contribution in [-0.4, -0.2) is 136 Å². The van der Waals surface area contributed by atoms with E-state index < -0.39 is 32.8 Å². The molecule has 0 rings (SSSR count). The van der Waals surface area contributed by atoms with Crippen LogP contribution in [0.2, 0.25) is 0 Å². The number of rotatable bonds is 0. The van der Waals surface area contributed by atoms with Crippen molar-refractivity contribution in [2.75, 3.05) is 0 Å².